The molecule has 8 heteroatoms. The van der Waals surface area contributed by atoms with Crippen molar-refractivity contribution >= 4 is 11.7 Å². The molecule has 0 radical (unpaired) electrons. The van der Waals surface area contributed by atoms with Crippen LogP contribution in [-0.4, -0.2) is 34.0 Å². The fourth-order valence-corrected chi connectivity index (χ4v) is 6.92. The van der Waals surface area contributed by atoms with Crippen LogP contribution in [0.25, 0.3) is 11.1 Å². The number of alkyl halides is 2. The molecule has 6 nitrogen and oxygen atoms in total. The van der Waals surface area contributed by atoms with E-state index >= 15 is 0 Å². The van der Waals surface area contributed by atoms with E-state index in [2.05, 4.69) is 34.7 Å². The van der Waals surface area contributed by atoms with Gasteiger partial charge in [-0.1, -0.05) is 24.3 Å². The summed E-state index contributed by atoms with van der Waals surface area (Å²) in [7, 11) is 1.78. The number of nitrogens with one attached hydrogen (secondary N) is 1. The monoisotopic (exact) mass is 592 g/mol. The first-order valence-corrected chi connectivity index (χ1v) is 15.5. The van der Waals surface area contributed by atoms with Crippen LogP contribution in [-0.2, 0) is 18.4 Å². The van der Waals surface area contributed by atoms with Crippen LogP contribution in [0.4, 0.5) is 19.3 Å². The molecule has 1 heterocycles. The van der Waals surface area contributed by atoms with Gasteiger partial charge in [-0.15, -0.1) is 0 Å². The Morgan fingerprint density at radius 2 is 1.60 bits per heavy atom. The number of aromatic nitrogens is 2. The van der Waals surface area contributed by atoms with Crippen molar-refractivity contribution in [3.63, 3.8) is 0 Å². The average Bonchev–Trinajstić information content (AvgIpc) is 3.35. The Bertz CT molecular complexity index is 1430. The van der Waals surface area contributed by atoms with Crippen LogP contribution in [0.1, 0.15) is 91.5 Å². The number of nitrogens with zero attached hydrogens (tertiary/aromatic N) is 3. The molecular weight excluding hydrogens is 546 g/mol. The molecule has 232 valence electrons. The normalized spacial score (nSPS) is 22.1. The van der Waals surface area contributed by atoms with Gasteiger partial charge in [0, 0.05) is 42.9 Å². The minimum Gasteiger partial charge on any atom is -0.491 e. The molecule has 0 saturated heterocycles. The smallest absolute Gasteiger partial charge is 0.322 e. The zero-order valence-corrected chi connectivity index (χ0v) is 26.6. The summed E-state index contributed by atoms with van der Waals surface area (Å²) in [6.45, 7) is 11.5. The molecule has 0 atom stereocenters. The van der Waals surface area contributed by atoms with E-state index in [0.29, 0.717) is 6.54 Å². The summed E-state index contributed by atoms with van der Waals surface area (Å²) in [6, 6.07) is 17.8. The summed E-state index contributed by atoms with van der Waals surface area (Å²) in [5.41, 5.74) is 3.15. The van der Waals surface area contributed by atoms with Gasteiger partial charge < -0.3 is 10.1 Å². The zero-order chi connectivity index (χ0) is 31.2. The number of carbonyl (C=O) groups is 1. The summed E-state index contributed by atoms with van der Waals surface area (Å²) >= 11 is 0. The maximum Gasteiger partial charge on any atom is 0.322 e. The van der Waals surface area contributed by atoms with Gasteiger partial charge in [-0.25, -0.2) is 4.79 Å². The van der Waals surface area contributed by atoms with Crippen LogP contribution in [0, 0.1) is 5.41 Å². The van der Waals surface area contributed by atoms with E-state index in [-0.39, 0.29) is 34.2 Å². The number of carbonyl (C=O) groups excluding carboxylic acids is 1. The van der Waals surface area contributed by atoms with Crippen molar-refractivity contribution in [1.82, 2.24) is 15.1 Å². The van der Waals surface area contributed by atoms with Crippen LogP contribution in [0.15, 0.2) is 54.6 Å². The summed E-state index contributed by atoms with van der Waals surface area (Å²) in [5.74, 6) is -2.13. The molecular formula is C35H46F2N4O2. The number of urea groups is 1. The highest BCUT2D eigenvalue weighted by Crippen LogP contribution is 2.58. The number of ether oxygens (including phenoxy) is 1. The van der Waals surface area contributed by atoms with Crippen molar-refractivity contribution in [2.75, 3.05) is 11.4 Å². The molecule has 1 aromatic heterocycles. The molecule has 2 amide bonds. The highest BCUT2D eigenvalue weighted by Gasteiger charge is 2.52. The molecule has 1 N–H and O–H groups in total. The summed E-state index contributed by atoms with van der Waals surface area (Å²) in [4.78, 5) is 15.8. The van der Waals surface area contributed by atoms with E-state index in [4.69, 9.17) is 4.74 Å². The van der Waals surface area contributed by atoms with Gasteiger partial charge in [0.2, 0.25) is 0 Å². The number of rotatable bonds is 8. The number of benzene rings is 2. The molecule has 0 aliphatic heterocycles. The minimum absolute atomic E-state index is 0.0288. The van der Waals surface area contributed by atoms with E-state index in [0.717, 1.165) is 73.7 Å². The second kappa shape index (κ2) is 11.3. The van der Waals surface area contributed by atoms with Crippen molar-refractivity contribution in [2.24, 2.45) is 12.5 Å². The number of hydrogen-bond acceptors (Lipinski definition) is 3. The van der Waals surface area contributed by atoms with E-state index in [1.807, 2.05) is 63.8 Å². The molecule has 2 bridgehead atoms. The third-order valence-electron chi connectivity index (χ3n) is 9.21. The summed E-state index contributed by atoms with van der Waals surface area (Å²) < 4.78 is 35.7. The topological polar surface area (TPSA) is 59.4 Å². The summed E-state index contributed by atoms with van der Waals surface area (Å²) in [6.07, 6.45) is 5.63. The molecule has 3 fully saturated rings. The number of hydrogen-bond donors (Lipinski definition) is 1. The molecule has 0 spiro atoms. The van der Waals surface area contributed by atoms with Crippen LogP contribution in [0.2, 0.25) is 0 Å². The Balaban J connectivity index is 1.40. The fraction of sp³-hybridized carbons (Fsp3) is 0.543. The average molecular weight is 593 g/mol. The number of aryl methyl sites for hydroxylation is 1. The minimum atomic E-state index is -2.96. The summed E-state index contributed by atoms with van der Waals surface area (Å²) in [5, 5.41) is 7.37. The van der Waals surface area contributed by atoms with Crippen molar-refractivity contribution in [1.29, 1.82) is 0 Å². The Morgan fingerprint density at radius 3 is 2.14 bits per heavy atom. The van der Waals surface area contributed by atoms with Gasteiger partial charge in [-0.2, -0.15) is 13.9 Å². The van der Waals surface area contributed by atoms with Crippen LogP contribution in [0.5, 0.6) is 5.75 Å². The molecule has 3 aliphatic rings. The number of fused-ring (bicyclic) bond motifs is 3. The van der Waals surface area contributed by atoms with Gasteiger partial charge in [0.15, 0.2) is 0 Å². The predicted octanol–water partition coefficient (Wildman–Crippen LogP) is 8.59. The van der Waals surface area contributed by atoms with Gasteiger partial charge in [0.25, 0.3) is 5.92 Å². The molecule has 3 aliphatic carbocycles. The Hall–Kier alpha value is -3.42. The Morgan fingerprint density at radius 1 is 0.977 bits per heavy atom. The standard InChI is InChI=1S/C35H46F2N4O2/c1-24(2)43-28-13-11-25(12-14-28)26-9-8-10-27(21-26)41(31(42)38-32(3,4)5)23-34-15-18-35(19-16-34,20-17-34)30-22-29(33(6,36)37)39-40(30)7/h8-14,21-22,24H,15-20,23H2,1-7H3,(H,38,42). The van der Waals surface area contributed by atoms with Gasteiger partial charge in [0.1, 0.15) is 11.4 Å². The molecule has 3 saturated carbocycles. The van der Waals surface area contributed by atoms with Crippen LogP contribution in [0.3, 0.4) is 0 Å². The number of anilines is 1. The number of halogens is 2. The third kappa shape index (κ3) is 6.73. The second-order valence-electron chi connectivity index (χ2n) is 14.2. The van der Waals surface area contributed by atoms with Crippen molar-refractivity contribution in [2.45, 2.75) is 103 Å². The lowest BCUT2D eigenvalue weighted by Crippen LogP contribution is -2.55. The molecule has 3 aromatic rings. The predicted molar refractivity (Wildman–Crippen MR) is 168 cm³/mol. The van der Waals surface area contributed by atoms with E-state index < -0.39 is 5.92 Å². The Labute approximate surface area is 254 Å². The van der Waals surface area contributed by atoms with Gasteiger partial charge in [-0.3, -0.25) is 9.58 Å². The SMILES string of the molecule is CC(C)Oc1ccc(-c2cccc(N(CC34CCC(c5cc(C(C)(F)F)nn5C)(CC3)CC4)C(=O)NC(C)(C)C)c2)cc1. The number of amides is 2. The van der Waals surface area contributed by atoms with Crippen molar-refractivity contribution < 1.29 is 18.3 Å². The highest BCUT2D eigenvalue weighted by atomic mass is 19.3. The van der Waals surface area contributed by atoms with Crippen molar-refractivity contribution in [3.05, 3.63) is 66.0 Å². The lowest BCUT2D eigenvalue weighted by atomic mass is 9.52. The van der Waals surface area contributed by atoms with Crippen molar-refractivity contribution in [3.8, 4) is 16.9 Å². The first-order chi connectivity index (χ1) is 20.1. The quantitative estimate of drug-likeness (QED) is 0.285. The third-order valence-corrected chi connectivity index (χ3v) is 9.21. The lowest BCUT2D eigenvalue weighted by Gasteiger charge is -2.54. The van der Waals surface area contributed by atoms with E-state index in [1.165, 1.54) is 0 Å². The highest BCUT2D eigenvalue weighted by molar-refractivity contribution is 5.93. The fourth-order valence-electron chi connectivity index (χ4n) is 6.92. The van der Waals surface area contributed by atoms with E-state index in [1.54, 1.807) is 17.8 Å². The largest absolute Gasteiger partial charge is 0.491 e. The van der Waals surface area contributed by atoms with Crippen LogP contribution < -0.4 is 15.0 Å². The van der Waals surface area contributed by atoms with E-state index in [9.17, 15) is 13.6 Å². The van der Waals surface area contributed by atoms with Crippen LogP contribution >= 0.6 is 0 Å². The first-order valence-electron chi connectivity index (χ1n) is 15.5. The maximum atomic E-state index is 14.1. The Kier molecular flexibility index (Phi) is 8.12. The van der Waals surface area contributed by atoms with Gasteiger partial charge in [-0.05, 0) is 120 Å². The molecule has 2 aromatic carbocycles. The molecule has 43 heavy (non-hydrogen) atoms. The van der Waals surface area contributed by atoms with Gasteiger partial charge >= 0.3 is 6.03 Å². The second-order valence-corrected chi connectivity index (χ2v) is 14.2. The molecule has 0 unspecified atom stereocenters. The first kappa shape index (κ1) is 31.0. The lowest BCUT2D eigenvalue weighted by molar-refractivity contribution is 0.0122. The maximum absolute atomic E-state index is 14.1. The zero-order valence-electron chi connectivity index (χ0n) is 26.6. The molecule has 6 rings (SSSR count). The van der Waals surface area contributed by atoms with Gasteiger partial charge in [0.05, 0.1) is 6.10 Å².